The molecular formula is C54H63N11O10. The molecular weight excluding hydrogens is 963 g/mol. The number of carbonyl (C=O) groups is 5. The molecule has 2 atom stereocenters. The Balaban J connectivity index is 0.751. The van der Waals surface area contributed by atoms with Crippen molar-refractivity contribution in [1.29, 1.82) is 5.26 Å². The lowest BCUT2D eigenvalue weighted by atomic mass is 9.88. The number of ether oxygens (including phenoxy) is 4. The predicted octanol–water partition coefficient (Wildman–Crippen LogP) is 5.50. The van der Waals surface area contributed by atoms with Gasteiger partial charge >= 0.3 is 5.97 Å². The van der Waals surface area contributed by atoms with Crippen LogP contribution in [0.25, 0.3) is 11.3 Å². The van der Waals surface area contributed by atoms with E-state index in [0.717, 1.165) is 0 Å². The molecule has 0 unspecified atom stereocenters. The Hall–Kier alpha value is -7.93. The minimum atomic E-state index is -1.10. The zero-order valence-corrected chi connectivity index (χ0v) is 43.1. The number of carboxylic acid groups (broad SMARTS) is 1. The van der Waals surface area contributed by atoms with Crippen molar-refractivity contribution in [2.75, 3.05) is 75.6 Å². The van der Waals surface area contributed by atoms with Gasteiger partial charge in [-0.3, -0.25) is 19.2 Å². The van der Waals surface area contributed by atoms with Crippen LogP contribution in [0.1, 0.15) is 96.7 Å². The van der Waals surface area contributed by atoms with Crippen molar-refractivity contribution >= 4 is 41.2 Å². The van der Waals surface area contributed by atoms with E-state index in [1.165, 1.54) is 18.3 Å². The van der Waals surface area contributed by atoms with Crippen molar-refractivity contribution in [3.05, 3.63) is 113 Å². The summed E-state index contributed by atoms with van der Waals surface area (Å²) < 4.78 is 22.6. The van der Waals surface area contributed by atoms with Crippen LogP contribution in [0.4, 0.5) is 11.8 Å². The Morgan fingerprint density at radius 3 is 2.32 bits per heavy atom. The Labute approximate surface area is 435 Å². The summed E-state index contributed by atoms with van der Waals surface area (Å²) in [4.78, 5) is 92.1. The largest absolute Gasteiger partial charge is 0.480 e. The van der Waals surface area contributed by atoms with Gasteiger partial charge in [-0.25, -0.2) is 29.7 Å². The SMILES string of the molecule is C[C@@H]1CN(c2ncc(-c3ccc4c(n3)N(Cc3cccnc3C#N)C(C)(C)C4=O)cn2)CCN1C(=O)COCCOCCOCCNC(=O)c1cccc(Oc2ccc(C(=O)N[C@@H](CCC(C)(C)C)C(=O)O)cn2)c1. The number of pyridine rings is 3. The van der Waals surface area contributed by atoms with Crippen LogP contribution in [-0.2, 0) is 30.3 Å². The van der Waals surface area contributed by atoms with E-state index >= 15 is 0 Å². The minimum Gasteiger partial charge on any atom is -0.480 e. The Morgan fingerprint density at radius 1 is 0.880 bits per heavy atom. The highest BCUT2D eigenvalue weighted by atomic mass is 16.5. The first kappa shape index (κ1) is 54.8. The van der Waals surface area contributed by atoms with Crippen LogP contribution in [0, 0.1) is 16.7 Å². The Kier molecular flexibility index (Phi) is 18.2. The van der Waals surface area contributed by atoms with E-state index in [1.54, 1.807) is 66.0 Å². The van der Waals surface area contributed by atoms with Gasteiger partial charge in [0.15, 0.2) is 5.78 Å². The van der Waals surface area contributed by atoms with E-state index in [4.69, 9.17) is 23.9 Å². The topological polar surface area (TPSA) is 265 Å². The molecule has 0 aliphatic carbocycles. The number of benzene rings is 1. The van der Waals surface area contributed by atoms with Crippen molar-refractivity contribution in [3.8, 4) is 29.0 Å². The van der Waals surface area contributed by atoms with Gasteiger partial charge < -0.3 is 49.4 Å². The molecule has 2 aliphatic heterocycles. The maximum absolute atomic E-state index is 13.4. The van der Waals surface area contributed by atoms with E-state index in [2.05, 4.69) is 36.6 Å². The summed E-state index contributed by atoms with van der Waals surface area (Å²) in [6.45, 7) is 15.0. The lowest BCUT2D eigenvalue weighted by Gasteiger charge is -2.39. The second kappa shape index (κ2) is 24.9. The fourth-order valence-electron chi connectivity index (χ4n) is 8.44. The summed E-state index contributed by atoms with van der Waals surface area (Å²) in [5.41, 5.74) is 2.36. The quantitative estimate of drug-likeness (QED) is 0.0682. The molecule has 1 fully saturated rings. The molecule has 1 aromatic carbocycles. The molecule has 394 valence electrons. The van der Waals surface area contributed by atoms with Gasteiger partial charge in [0.2, 0.25) is 17.7 Å². The second-order valence-electron chi connectivity index (χ2n) is 19.8. The number of amides is 3. The van der Waals surface area contributed by atoms with Gasteiger partial charge in [-0.1, -0.05) is 32.9 Å². The molecule has 75 heavy (non-hydrogen) atoms. The zero-order chi connectivity index (χ0) is 53.7. The van der Waals surface area contributed by atoms with Crippen molar-refractivity contribution in [3.63, 3.8) is 0 Å². The number of rotatable bonds is 23. The average Bonchev–Trinajstić information content (AvgIpc) is 3.60. The second-order valence-corrected chi connectivity index (χ2v) is 19.8. The summed E-state index contributed by atoms with van der Waals surface area (Å²) in [6, 6.07) is 17.6. The number of piperazine rings is 1. The molecule has 7 rings (SSSR count). The fraction of sp³-hybridized carbons (Fsp3) is 0.426. The third kappa shape index (κ3) is 14.4. The number of nitriles is 1. The normalized spacial score (nSPS) is 15.5. The summed E-state index contributed by atoms with van der Waals surface area (Å²) in [6.07, 6.45) is 7.19. The molecule has 0 saturated carbocycles. The van der Waals surface area contributed by atoms with Gasteiger partial charge in [-0.05, 0) is 81.5 Å². The first-order valence-corrected chi connectivity index (χ1v) is 24.7. The number of anilines is 2. The zero-order valence-electron chi connectivity index (χ0n) is 43.1. The van der Waals surface area contributed by atoms with Gasteiger partial charge in [0, 0.05) is 86.3 Å². The molecule has 21 heteroatoms. The van der Waals surface area contributed by atoms with Crippen molar-refractivity contribution in [1.82, 2.24) is 40.5 Å². The van der Waals surface area contributed by atoms with Gasteiger partial charge in [0.05, 0.1) is 55.4 Å². The molecule has 0 bridgehead atoms. The summed E-state index contributed by atoms with van der Waals surface area (Å²) in [5.74, 6) is -0.583. The number of carbonyl (C=O) groups excluding carboxylic acids is 4. The van der Waals surface area contributed by atoms with Crippen LogP contribution in [0.3, 0.4) is 0 Å². The number of ketones is 1. The average molecular weight is 1030 g/mol. The maximum Gasteiger partial charge on any atom is 0.326 e. The first-order chi connectivity index (χ1) is 35.9. The molecule has 3 amide bonds. The molecule has 4 aromatic heterocycles. The molecule has 3 N–H and O–H groups in total. The number of hydrogen-bond acceptors (Lipinski definition) is 17. The third-order valence-corrected chi connectivity index (χ3v) is 12.7. The molecule has 0 spiro atoms. The van der Waals surface area contributed by atoms with Crippen LogP contribution in [0.2, 0.25) is 0 Å². The van der Waals surface area contributed by atoms with Gasteiger partial charge in [0.1, 0.15) is 36.0 Å². The van der Waals surface area contributed by atoms with Gasteiger partial charge in [-0.2, -0.15) is 5.26 Å². The standard InChI is InChI=1S/C54H63N11O10/c1-35-32-63(52-59-30-39(31-60-52)42-14-13-41-47(67)54(5,6)65(48(41)61-42)33-38-10-8-18-56-44(38)28-55)20-21-64(35)46(66)34-74-26-25-73-24-23-72-22-19-57-49(68)36-9-7-11-40(27-36)75-45-15-12-37(29-58-45)50(69)62-43(51(70)71)16-17-53(2,3)4/h7-15,18,27,29-31,35,43H,16-17,19-26,32-34H2,1-6H3,(H,57,68)(H,62,69)(H,70,71)/t35-,43+/m1/s1. The molecule has 6 heterocycles. The van der Waals surface area contributed by atoms with Crippen molar-refractivity contribution in [2.45, 2.75) is 78.6 Å². The third-order valence-electron chi connectivity index (χ3n) is 12.7. The first-order valence-electron chi connectivity index (χ1n) is 24.7. The minimum absolute atomic E-state index is 0.0559. The van der Waals surface area contributed by atoms with Crippen LogP contribution >= 0.6 is 0 Å². The molecule has 5 aromatic rings. The Morgan fingerprint density at radius 2 is 1.63 bits per heavy atom. The van der Waals surface area contributed by atoms with Crippen LogP contribution in [0.5, 0.6) is 11.6 Å². The lowest BCUT2D eigenvalue weighted by Crippen LogP contribution is -2.55. The number of nitrogens with zero attached hydrogens (tertiary/aromatic N) is 9. The smallest absolute Gasteiger partial charge is 0.326 e. The van der Waals surface area contributed by atoms with Crippen molar-refractivity contribution < 1.29 is 48.0 Å². The molecule has 2 aliphatic rings. The highest BCUT2D eigenvalue weighted by Gasteiger charge is 2.45. The number of fused-ring (bicyclic) bond motifs is 1. The number of carboxylic acids is 1. The summed E-state index contributed by atoms with van der Waals surface area (Å²) >= 11 is 0. The van der Waals surface area contributed by atoms with Gasteiger partial charge in [0.25, 0.3) is 11.8 Å². The van der Waals surface area contributed by atoms with Crippen LogP contribution in [-0.4, -0.2) is 148 Å². The lowest BCUT2D eigenvalue weighted by molar-refractivity contribution is -0.140. The molecule has 21 nitrogen and oxygen atoms in total. The van der Waals surface area contributed by atoms with E-state index in [1.807, 2.05) is 57.4 Å². The summed E-state index contributed by atoms with van der Waals surface area (Å²) in [5, 5.41) is 24.5. The van der Waals surface area contributed by atoms with E-state index in [0.29, 0.717) is 96.8 Å². The van der Waals surface area contributed by atoms with Crippen LogP contribution < -0.4 is 25.2 Å². The number of aromatic nitrogens is 5. The predicted molar refractivity (Wildman–Crippen MR) is 275 cm³/mol. The Bertz CT molecular complexity index is 2870. The van der Waals surface area contributed by atoms with E-state index in [-0.39, 0.29) is 80.0 Å². The number of hydrogen-bond donors (Lipinski definition) is 3. The highest BCUT2D eigenvalue weighted by molar-refractivity contribution is 6.13. The number of nitrogens with one attached hydrogen (secondary N) is 2. The monoisotopic (exact) mass is 1030 g/mol. The molecule has 0 radical (unpaired) electrons. The van der Waals surface area contributed by atoms with Gasteiger partial charge in [-0.15, -0.1) is 0 Å². The van der Waals surface area contributed by atoms with Crippen LogP contribution in [0.15, 0.2) is 85.5 Å². The van der Waals surface area contributed by atoms with E-state index < -0.39 is 23.5 Å². The number of aliphatic carboxylic acids is 1. The number of Topliss-reactive ketones (excluding diaryl/α,β-unsaturated/α-hetero) is 1. The fourth-order valence-corrected chi connectivity index (χ4v) is 8.44. The summed E-state index contributed by atoms with van der Waals surface area (Å²) in [7, 11) is 0. The highest BCUT2D eigenvalue weighted by Crippen LogP contribution is 2.40. The maximum atomic E-state index is 13.4. The van der Waals surface area contributed by atoms with E-state index in [9.17, 15) is 34.3 Å². The van der Waals surface area contributed by atoms with Crippen molar-refractivity contribution in [2.24, 2.45) is 5.41 Å². The molecule has 1 saturated heterocycles.